The van der Waals surface area contributed by atoms with Crippen molar-refractivity contribution in [1.29, 1.82) is 0 Å². The lowest BCUT2D eigenvalue weighted by Gasteiger charge is -2.21. The van der Waals surface area contributed by atoms with Crippen LogP contribution in [0.2, 0.25) is 0 Å². The van der Waals surface area contributed by atoms with Crippen LogP contribution in [0.25, 0.3) is 0 Å². The van der Waals surface area contributed by atoms with Crippen molar-refractivity contribution >= 4 is 11.8 Å². The fourth-order valence-electron chi connectivity index (χ4n) is 3.11. The van der Waals surface area contributed by atoms with Gasteiger partial charge in [-0.25, -0.2) is 9.97 Å². The second-order valence-corrected chi connectivity index (χ2v) is 6.33. The molecule has 1 aromatic heterocycles. The number of amides is 2. The van der Waals surface area contributed by atoms with Gasteiger partial charge in [-0.15, -0.1) is 0 Å². The average molecular weight is 332 g/mol. The van der Waals surface area contributed by atoms with Crippen molar-refractivity contribution in [3.05, 3.63) is 23.8 Å². The van der Waals surface area contributed by atoms with Crippen LogP contribution in [0.15, 0.2) is 12.3 Å². The van der Waals surface area contributed by atoms with Crippen LogP contribution in [-0.2, 0) is 20.9 Å². The minimum absolute atomic E-state index is 0.0594. The highest BCUT2D eigenvalue weighted by Gasteiger charge is 2.21. The normalized spacial score (nSPS) is 21.1. The van der Waals surface area contributed by atoms with Crippen molar-refractivity contribution in [2.45, 2.75) is 44.6 Å². The Morgan fingerprint density at radius 2 is 2.33 bits per heavy atom. The molecule has 2 fully saturated rings. The Labute approximate surface area is 141 Å². The molecular weight excluding hydrogens is 308 g/mol. The zero-order valence-electron chi connectivity index (χ0n) is 13.9. The van der Waals surface area contributed by atoms with Crippen molar-refractivity contribution in [3.63, 3.8) is 0 Å². The number of carbonyl (C=O) groups excluding carboxylic acids is 2. The molecule has 3 rings (SSSR count). The van der Waals surface area contributed by atoms with Gasteiger partial charge >= 0.3 is 0 Å². The van der Waals surface area contributed by atoms with Gasteiger partial charge in [0.05, 0.1) is 18.8 Å². The summed E-state index contributed by atoms with van der Waals surface area (Å²) in [6.45, 7) is 3.13. The highest BCUT2D eigenvalue weighted by Crippen LogP contribution is 2.22. The minimum atomic E-state index is -0.0594. The van der Waals surface area contributed by atoms with Gasteiger partial charge in [0.15, 0.2) is 0 Å². The number of hydrogen-bond donors (Lipinski definition) is 1. The molecule has 2 aliphatic heterocycles. The van der Waals surface area contributed by atoms with E-state index < -0.39 is 0 Å². The van der Waals surface area contributed by atoms with E-state index in [2.05, 4.69) is 15.3 Å². The Balaban J connectivity index is 1.45. The largest absolute Gasteiger partial charge is 0.381 e. The van der Waals surface area contributed by atoms with Gasteiger partial charge in [0, 0.05) is 44.7 Å². The summed E-state index contributed by atoms with van der Waals surface area (Å²) in [7, 11) is 0. The molecule has 130 valence electrons. The van der Waals surface area contributed by atoms with Crippen LogP contribution < -0.4 is 5.32 Å². The summed E-state index contributed by atoms with van der Waals surface area (Å²) in [6.07, 6.45) is 5.65. The zero-order valence-corrected chi connectivity index (χ0v) is 13.9. The Bertz CT molecular complexity index is 587. The van der Waals surface area contributed by atoms with Crippen LogP contribution in [0.1, 0.15) is 49.5 Å². The van der Waals surface area contributed by atoms with Gasteiger partial charge in [0.25, 0.3) is 0 Å². The maximum Gasteiger partial charge on any atom is 0.222 e. The first-order chi connectivity index (χ1) is 11.7. The number of likely N-dealkylation sites (tertiary alicyclic amines) is 1. The summed E-state index contributed by atoms with van der Waals surface area (Å²) in [5.74, 6) is 1.13. The Kier molecular flexibility index (Phi) is 5.74. The van der Waals surface area contributed by atoms with Crippen molar-refractivity contribution in [1.82, 2.24) is 20.2 Å². The van der Waals surface area contributed by atoms with Gasteiger partial charge in [0.2, 0.25) is 11.8 Å². The molecule has 1 N–H and O–H groups in total. The van der Waals surface area contributed by atoms with Gasteiger partial charge < -0.3 is 15.0 Å². The van der Waals surface area contributed by atoms with Gasteiger partial charge in [-0.3, -0.25) is 9.59 Å². The predicted molar refractivity (Wildman–Crippen MR) is 87.1 cm³/mol. The third-order valence-corrected chi connectivity index (χ3v) is 4.50. The molecule has 3 heterocycles. The summed E-state index contributed by atoms with van der Waals surface area (Å²) in [5.41, 5.74) is 0.802. The average Bonchev–Trinajstić information content (AvgIpc) is 3.04. The number of carbonyl (C=O) groups is 2. The van der Waals surface area contributed by atoms with Crippen LogP contribution in [0.4, 0.5) is 0 Å². The molecule has 0 aromatic carbocycles. The van der Waals surface area contributed by atoms with E-state index in [0.29, 0.717) is 32.5 Å². The van der Waals surface area contributed by atoms with Crippen molar-refractivity contribution in [2.24, 2.45) is 0 Å². The number of rotatable bonds is 6. The fourth-order valence-corrected chi connectivity index (χ4v) is 3.11. The summed E-state index contributed by atoms with van der Waals surface area (Å²) in [6, 6.07) is 1.82. The third kappa shape index (κ3) is 4.50. The quantitative estimate of drug-likeness (QED) is 0.840. The van der Waals surface area contributed by atoms with E-state index in [1.165, 1.54) is 0 Å². The molecule has 7 nitrogen and oxygen atoms in total. The van der Waals surface area contributed by atoms with Crippen LogP contribution in [-0.4, -0.2) is 53.0 Å². The lowest BCUT2D eigenvalue weighted by atomic mass is 10.0. The fraction of sp³-hybridized carbons (Fsp3) is 0.647. The number of nitrogens with one attached hydrogen (secondary N) is 1. The highest BCUT2D eigenvalue weighted by atomic mass is 16.5. The summed E-state index contributed by atoms with van der Waals surface area (Å²) in [4.78, 5) is 34.1. The van der Waals surface area contributed by atoms with E-state index in [-0.39, 0.29) is 17.7 Å². The second-order valence-electron chi connectivity index (χ2n) is 6.33. The topological polar surface area (TPSA) is 84.4 Å². The maximum absolute atomic E-state index is 12.0. The van der Waals surface area contributed by atoms with Gasteiger partial charge in [-0.1, -0.05) is 0 Å². The molecule has 0 aliphatic carbocycles. The standard InChI is InChI=1S/C17H24N4O3/c22-15(6-9-21-8-1-4-16(21)23)19-11-14-5-7-18-17(20-14)13-3-2-10-24-12-13/h5,7,13H,1-4,6,8-12H2,(H,19,22)/t13-/m1/s1. The lowest BCUT2D eigenvalue weighted by Crippen LogP contribution is -2.31. The van der Waals surface area contributed by atoms with Crippen LogP contribution in [0.5, 0.6) is 0 Å². The predicted octanol–water partition coefficient (Wildman–Crippen LogP) is 0.999. The van der Waals surface area contributed by atoms with E-state index >= 15 is 0 Å². The molecule has 24 heavy (non-hydrogen) atoms. The van der Waals surface area contributed by atoms with E-state index in [0.717, 1.165) is 43.9 Å². The van der Waals surface area contributed by atoms with Crippen molar-refractivity contribution in [2.75, 3.05) is 26.3 Å². The first-order valence-corrected chi connectivity index (χ1v) is 8.66. The van der Waals surface area contributed by atoms with E-state index in [1.807, 2.05) is 6.07 Å². The molecule has 0 radical (unpaired) electrons. The molecule has 1 aromatic rings. The van der Waals surface area contributed by atoms with Crippen LogP contribution in [0.3, 0.4) is 0 Å². The van der Waals surface area contributed by atoms with Gasteiger partial charge in [-0.2, -0.15) is 0 Å². The highest BCUT2D eigenvalue weighted by molar-refractivity contribution is 5.80. The Hall–Kier alpha value is -2.02. The maximum atomic E-state index is 12.0. The molecule has 7 heteroatoms. The molecule has 0 unspecified atom stereocenters. The molecule has 2 amide bonds. The summed E-state index contributed by atoms with van der Waals surface area (Å²) < 4.78 is 5.48. The third-order valence-electron chi connectivity index (χ3n) is 4.50. The SMILES string of the molecule is O=C(CCN1CCCC1=O)NCc1ccnc([C@@H]2CCCOC2)n1. The molecular formula is C17H24N4O3. The molecule has 0 spiro atoms. The Morgan fingerprint density at radius 3 is 3.08 bits per heavy atom. The first-order valence-electron chi connectivity index (χ1n) is 8.66. The number of nitrogens with zero attached hydrogens (tertiary/aromatic N) is 3. The zero-order chi connectivity index (χ0) is 16.8. The van der Waals surface area contributed by atoms with Gasteiger partial charge in [0.1, 0.15) is 5.82 Å². The summed E-state index contributed by atoms with van der Waals surface area (Å²) >= 11 is 0. The molecule has 1 atom stereocenters. The van der Waals surface area contributed by atoms with Crippen LogP contribution in [0, 0.1) is 0 Å². The van der Waals surface area contributed by atoms with E-state index in [1.54, 1.807) is 11.1 Å². The Morgan fingerprint density at radius 1 is 1.42 bits per heavy atom. The molecule has 0 saturated carbocycles. The molecule has 0 bridgehead atoms. The van der Waals surface area contributed by atoms with Crippen molar-refractivity contribution in [3.8, 4) is 0 Å². The van der Waals surface area contributed by atoms with E-state index in [4.69, 9.17) is 4.74 Å². The molecule has 2 saturated heterocycles. The molecule has 2 aliphatic rings. The van der Waals surface area contributed by atoms with Crippen molar-refractivity contribution < 1.29 is 14.3 Å². The summed E-state index contributed by atoms with van der Waals surface area (Å²) in [5, 5.41) is 2.87. The number of aromatic nitrogens is 2. The number of ether oxygens (including phenoxy) is 1. The number of hydrogen-bond acceptors (Lipinski definition) is 5. The second kappa shape index (κ2) is 8.19. The minimum Gasteiger partial charge on any atom is -0.381 e. The van der Waals surface area contributed by atoms with E-state index in [9.17, 15) is 9.59 Å². The van der Waals surface area contributed by atoms with Crippen LogP contribution >= 0.6 is 0 Å². The van der Waals surface area contributed by atoms with Gasteiger partial charge in [-0.05, 0) is 25.3 Å². The first kappa shape index (κ1) is 16.8. The monoisotopic (exact) mass is 332 g/mol. The smallest absolute Gasteiger partial charge is 0.222 e. The lowest BCUT2D eigenvalue weighted by molar-refractivity contribution is -0.128.